The number of rotatable bonds is 2. The molecule has 0 saturated carbocycles. The maximum absolute atomic E-state index is 9.32. The highest BCUT2D eigenvalue weighted by Crippen LogP contribution is 2.20. The number of nitrogens with one attached hydrogen (secondary N) is 1. The van der Waals surface area contributed by atoms with Gasteiger partial charge in [0.15, 0.2) is 0 Å². The van der Waals surface area contributed by atoms with Gasteiger partial charge in [-0.3, -0.25) is 0 Å². The van der Waals surface area contributed by atoms with Crippen LogP contribution in [0.2, 0.25) is 0 Å². The summed E-state index contributed by atoms with van der Waals surface area (Å²) in [4.78, 5) is 3.19. The van der Waals surface area contributed by atoms with Gasteiger partial charge in [-0.15, -0.1) is 0 Å². The third-order valence-corrected chi connectivity index (χ3v) is 1.43. The molecular weight excluding hydrogens is 152 g/mol. The third-order valence-electron chi connectivity index (χ3n) is 1.43. The number of phenolic OH excluding ortho intramolecular Hbond substituents is 1. The zero-order valence-electron chi connectivity index (χ0n) is 6.49. The number of phenols is 1. The summed E-state index contributed by atoms with van der Waals surface area (Å²) in [6.07, 6.45) is 0. The van der Waals surface area contributed by atoms with E-state index in [1.54, 1.807) is 24.3 Å². The summed E-state index contributed by atoms with van der Waals surface area (Å²) in [5, 5.41) is 9.32. The lowest BCUT2D eigenvalue weighted by Crippen LogP contribution is -1.99. The normalized spacial score (nSPS) is 8.58. The van der Waals surface area contributed by atoms with Gasteiger partial charge >= 0.3 is 6.57 Å². The molecule has 3 nitrogen and oxygen atoms in total. The summed E-state index contributed by atoms with van der Waals surface area (Å²) in [6, 6.07) is 6.80. The van der Waals surface area contributed by atoms with Crippen molar-refractivity contribution >= 4 is 5.70 Å². The van der Waals surface area contributed by atoms with E-state index in [2.05, 4.69) is 17.0 Å². The van der Waals surface area contributed by atoms with Crippen LogP contribution < -0.4 is 5.43 Å². The fraction of sp³-hybridized carbons (Fsp3) is 0. The molecule has 12 heavy (non-hydrogen) atoms. The van der Waals surface area contributed by atoms with Gasteiger partial charge in [-0.05, 0) is 17.6 Å². The molecule has 0 aromatic heterocycles. The Morgan fingerprint density at radius 3 is 2.75 bits per heavy atom. The predicted molar refractivity (Wildman–Crippen MR) is 48.6 cm³/mol. The molecule has 0 fully saturated rings. The molecule has 3 heteroatoms. The van der Waals surface area contributed by atoms with Gasteiger partial charge < -0.3 is 5.11 Å². The standard InChI is InChI=1S/C9H8N2O/c1-7(11-10-2)8-5-3-4-6-9(8)12/h2-6,11H,1H2/p+1. The Morgan fingerprint density at radius 2 is 2.17 bits per heavy atom. The monoisotopic (exact) mass is 161 g/mol. The highest BCUT2D eigenvalue weighted by Gasteiger charge is 2.05. The van der Waals surface area contributed by atoms with Crippen LogP contribution in [0.4, 0.5) is 0 Å². The lowest BCUT2D eigenvalue weighted by molar-refractivity contribution is 0.473. The van der Waals surface area contributed by atoms with Crippen molar-refractivity contribution in [1.29, 1.82) is 0 Å². The summed E-state index contributed by atoms with van der Waals surface area (Å²) >= 11 is 0. The van der Waals surface area contributed by atoms with Gasteiger partial charge in [0.1, 0.15) is 11.4 Å². The summed E-state index contributed by atoms with van der Waals surface area (Å²) in [6.45, 7) is 8.52. The van der Waals surface area contributed by atoms with Crippen LogP contribution in [0.15, 0.2) is 30.8 Å². The number of aromatic hydroxyl groups is 1. The second-order valence-electron chi connectivity index (χ2n) is 2.24. The zero-order chi connectivity index (χ0) is 8.97. The third kappa shape index (κ3) is 1.55. The van der Waals surface area contributed by atoms with Crippen molar-refractivity contribution in [2.45, 2.75) is 0 Å². The number of hydrogen-bond acceptors (Lipinski definition) is 2. The smallest absolute Gasteiger partial charge is 0.305 e. The van der Waals surface area contributed by atoms with Crippen LogP contribution in [0.3, 0.4) is 0 Å². The van der Waals surface area contributed by atoms with Gasteiger partial charge in [0, 0.05) is 5.56 Å². The van der Waals surface area contributed by atoms with E-state index >= 15 is 0 Å². The van der Waals surface area contributed by atoms with Gasteiger partial charge in [0.25, 0.3) is 0 Å². The molecule has 0 aliphatic heterocycles. The maximum atomic E-state index is 9.32. The molecule has 1 aromatic rings. The summed E-state index contributed by atoms with van der Waals surface area (Å²) in [5.41, 5.74) is 3.51. The predicted octanol–water partition coefficient (Wildman–Crippen LogP) is 1.83. The topological polar surface area (TPSA) is 36.6 Å². The van der Waals surface area contributed by atoms with Crippen molar-refractivity contribution in [2.24, 2.45) is 0 Å². The van der Waals surface area contributed by atoms with Gasteiger partial charge in [-0.1, -0.05) is 18.7 Å². The fourth-order valence-electron chi connectivity index (χ4n) is 0.867. The molecule has 0 bridgehead atoms. The Bertz CT molecular complexity index is 339. The Morgan fingerprint density at radius 1 is 1.50 bits per heavy atom. The van der Waals surface area contributed by atoms with E-state index in [0.717, 1.165) is 0 Å². The molecular formula is C9H9N2O+. The fourth-order valence-corrected chi connectivity index (χ4v) is 0.867. The molecule has 0 spiro atoms. The van der Waals surface area contributed by atoms with Crippen LogP contribution in [0.25, 0.3) is 10.7 Å². The summed E-state index contributed by atoms with van der Waals surface area (Å²) in [7, 11) is 0. The molecule has 0 unspecified atom stereocenters. The van der Waals surface area contributed by atoms with E-state index in [-0.39, 0.29) is 5.75 Å². The van der Waals surface area contributed by atoms with Crippen molar-refractivity contribution < 1.29 is 5.11 Å². The van der Waals surface area contributed by atoms with Crippen molar-refractivity contribution in [3.05, 3.63) is 41.4 Å². The lowest BCUT2D eigenvalue weighted by atomic mass is 10.1. The summed E-state index contributed by atoms with van der Waals surface area (Å²) in [5.74, 6) is 0.152. The van der Waals surface area contributed by atoms with E-state index in [9.17, 15) is 5.11 Å². The van der Waals surface area contributed by atoms with Gasteiger partial charge in [0.2, 0.25) is 0 Å². The Balaban J connectivity index is 2.97. The lowest BCUT2D eigenvalue weighted by Gasteiger charge is -2.00. The molecule has 0 amide bonds. The van der Waals surface area contributed by atoms with E-state index in [0.29, 0.717) is 11.3 Å². The molecule has 1 rings (SSSR count). The van der Waals surface area contributed by atoms with Crippen molar-refractivity contribution in [1.82, 2.24) is 5.43 Å². The summed E-state index contributed by atoms with van der Waals surface area (Å²) < 4.78 is 0. The van der Waals surface area contributed by atoms with Gasteiger partial charge in [0.05, 0.1) is 4.95 Å². The molecule has 1 aromatic carbocycles. The Labute approximate surface area is 70.8 Å². The van der Waals surface area contributed by atoms with Gasteiger partial charge in [-0.25, -0.2) is 0 Å². The Kier molecular flexibility index (Phi) is 2.34. The highest BCUT2D eigenvalue weighted by atomic mass is 16.3. The van der Waals surface area contributed by atoms with Crippen LogP contribution in [0.1, 0.15) is 5.56 Å². The van der Waals surface area contributed by atoms with Crippen molar-refractivity contribution in [3.63, 3.8) is 0 Å². The second-order valence-corrected chi connectivity index (χ2v) is 2.24. The van der Waals surface area contributed by atoms with Crippen LogP contribution >= 0.6 is 0 Å². The number of nitrogens with zero attached hydrogens (tertiary/aromatic N) is 1. The average molecular weight is 161 g/mol. The number of benzene rings is 1. The van der Waals surface area contributed by atoms with Crippen LogP contribution in [-0.2, 0) is 0 Å². The maximum Gasteiger partial charge on any atom is 0.305 e. The minimum Gasteiger partial charge on any atom is -0.507 e. The first kappa shape index (κ1) is 8.15. The first-order chi connectivity index (χ1) is 5.75. The van der Waals surface area contributed by atoms with Crippen molar-refractivity contribution in [3.8, 4) is 12.3 Å². The molecule has 0 saturated heterocycles. The first-order valence-electron chi connectivity index (χ1n) is 3.39. The van der Waals surface area contributed by atoms with E-state index in [1.165, 1.54) is 0 Å². The molecule has 60 valence electrons. The number of hydrogen-bond donors (Lipinski definition) is 2. The van der Waals surface area contributed by atoms with Crippen LogP contribution in [-0.4, -0.2) is 5.11 Å². The average Bonchev–Trinajstić information content (AvgIpc) is 2.05. The Hall–Kier alpha value is -1.95. The quantitative estimate of drug-likeness (QED) is 0.649. The van der Waals surface area contributed by atoms with E-state index in [4.69, 9.17) is 6.57 Å². The molecule has 0 heterocycles. The van der Waals surface area contributed by atoms with E-state index < -0.39 is 0 Å². The van der Waals surface area contributed by atoms with E-state index in [1.807, 2.05) is 0 Å². The molecule has 0 radical (unpaired) electrons. The largest absolute Gasteiger partial charge is 0.507 e. The molecule has 0 aliphatic carbocycles. The minimum absolute atomic E-state index is 0.152. The van der Waals surface area contributed by atoms with Crippen LogP contribution in [0.5, 0.6) is 5.75 Å². The van der Waals surface area contributed by atoms with Crippen LogP contribution in [0, 0.1) is 6.57 Å². The number of para-hydroxylation sites is 1. The highest BCUT2D eigenvalue weighted by molar-refractivity contribution is 5.67. The first-order valence-corrected chi connectivity index (χ1v) is 3.39. The molecule has 0 atom stereocenters. The second kappa shape index (κ2) is 3.44. The zero-order valence-corrected chi connectivity index (χ0v) is 6.49. The molecule has 0 aliphatic rings. The van der Waals surface area contributed by atoms with Crippen molar-refractivity contribution in [2.75, 3.05) is 0 Å². The van der Waals surface area contributed by atoms with Gasteiger partial charge in [-0.2, -0.15) is 0 Å². The molecule has 2 N–H and O–H groups in total. The minimum atomic E-state index is 0.152. The SMILES string of the molecule is C#[N+]NC(=C)c1ccccc1O.